The summed E-state index contributed by atoms with van der Waals surface area (Å²) < 4.78 is 5.39. The normalized spacial score (nSPS) is 42.4. The summed E-state index contributed by atoms with van der Waals surface area (Å²) in [5.41, 5.74) is 0.222. The number of rotatable bonds is 4. The summed E-state index contributed by atoms with van der Waals surface area (Å²) in [6.45, 7) is 13.8. The number of nitrogens with one attached hydrogen (secondary N) is 1. The van der Waals surface area contributed by atoms with Crippen LogP contribution in [0, 0.1) is 46.3 Å². The molecule has 0 aromatic carbocycles. The molecule has 1 N–H and O–H groups in total. The van der Waals surface area contributed by atoms with Gasteiger partial charge in [-0.3, -0.25) is 4.79 Å². The molecule has 4 heteroatoms. The molecule has 4 nitrogen and oxygen atoms in total. The fourth-order valence-electron chi connectivity index (χ4n) is 8.85. The lowest BCUT2D eigenvalue weighted by atomic mass is 9.44. The van der Waals surface area contributed by atoms with Gasteiger partial charge in [-0.1, -0.05) is 33.6 Å². The van der Waals surface area contributed by atoms with Crippen LogP contribution in [0.3, 0.4) is 0 Å². The van der Waals surface area contributed by atoms with E-state index in [9.17, 15) is 9.59 Å². The van der Waals surface area contributed by atoms with Gasteiger partial charge in [0, 0.05) is 18.9 Å². The first-order valence-electron chi connectivity index (χ1n) is 13.5. The summed E-state index contributed by atoms with van der Waals surface area (Å²) in [7, 11) is 0. The summed E-state index contributed by atoms with van der Waals surface area (Å²) >= 11 is 0. The average Bonchev–Trinajstić information content (AvgIpc) is 3.04. The highest BCUT2D eigenvalue weighted by molar-refractivity contribution is 5.83. The Labute approximate surface area is 196 Å². The van der Waals surface area contributed by atoms with Gasteiger partial charge in [0.2, 0.25) is 0 Å². The van der Waals surface area contributed by atoms with Crippen LogP contribution >= 0.6 is 0 Å². The van der Waals surface area contributed by atoms with Crippen molar-refractivity contribution < 1.29 is 14.3 Å². The Morgan fingerprint density at radius 2 is 1.78 bits per heavy atom. The van der Waals surface area contributed by atoms with Gasteiger partial charge >= 0.3 is 6.09 Å². The second-order valence-corrected chi connectivity index (χ2v) is 13.3. The van der Waals surface area contributed by atoms with E-state index >= 15 is 0 Å². The number of ether oxygens (including phenoxy) is 1. The van der Waals surface area contributed by atoms with E-state index in [0.29, 0.717) is 53.3 Å². The van der Waals surface area contributed by atoms with Crippen molar-refractivity contribution in [3.63, 3.8) is 0 Å². The number of amides is 1. The first kappa shape index (κ1) is 24.1. The van der Waals surface area contributed by atoms with Crippen molar-refractivity contribution in [1.82, 2.24) is 5.32 Å². The highest BCUT2D eigenvalue weighted by atomic mass is 16.6. The maximum absolute atomic E-state index is 13.5. The Morgan fingerprint density at radius 1 is 1.06 bits per heavy atom. The Morgan fingerprint density at radius 3 is 2.50 bits per heavy atom. The van der Waals surface area contributed by atoms with E-state index in [-0.39, 0.29) is 11.5 Å². The van der Waals surface area contributed by atoms with Crippen LogP contribution < -0.4 is 5.32 Å². The number of ketones is 1. The van der Waals surface area contributed by atoms with Crippen LogP contribution in [-0.2, 0) is 9.53 Å². The van der Waals surface area contributed by atoms with Gasteiger partial charge in [-0.15, -0.1) is 0 Å². The van der Waals surface area contributed by atoms with Crippen molar-refractivity contribution in [3.05, 3.63) is 0 Å². The molecule has 8 atom stereocenters. The van der Waals surface area contributed by atoms with Crippen LogP contribution in [0.15, 0.2) is 0 Å². The van der Waals surface area contributed by atoms with Gasteiger partial charge in [-0.25, -0.2) is 4.79 Å². The molecule has 4 aliphatic carbocycles. The maximum Gasteiger partial charge on any atom is 0.407 e. The molecule has 182 valence electrons. The van der Waals surface area contributed by atoms with Crippen LogP contribution in [-0.4, -0.2) is 24.0 Å². The molecule has 0 saturated heterocycles. The second kappa shape index (κ2) is 8.62. The smallest absolute Gasteiger partial charge is 0.407 e. The number of hydrogen-bond donors (Lipinski definition) is 1. The Balaban J connectivity index is 1.41. The third-order valence-corrected chi connectivity index (χ3v) is 10.4. The zero-order valence-corrected chi connectivity index (χ0v) is 21.5. The van der Waals surface area contributed by atoms with Gasteiger partial charge in [-0.2, -0.15) is 0 Å². The van der Waals surface area contributed by atoms with Gasteiger partial charge in [0.1, 0.15) is 11.4 Å². The number of hydrogen-bond acceptors (Lipinski definition) is 3. The van der Waals surface area contributed by atoms with E-state index < -0.39 is 5.60 Å². The summed E-state index contributed by atoms with van der Waals surface area (Å²) in [6, 6.07) is 0. The topological polar surface area (TPSA) is 55.4 Å². The average molecular weight is 446 g/mol. The second-order valence-electron chi connectivity index (χ2n) is 13.3. The molecule has 0 aliphatic heterocycles. The van der Waals surface area contributed by atoms with Crippen LogP contribution in [0.25, 0.3) is 0 Å². The van der Waals surface area contributed by atoms with E-state index in [1.807, 2.05) is 20.8 Å². The van der Waals surface area contributed by atoms with Crippen LogP contribution in [0.4, 0.5) is 4.79 Å². The molecule has 4 rings (SSSR count). The van der Waals surface area contributed by atoms with Gasteiger partial charge in [-0.05, 0) is 106 Å². The molecule has 0 aromatic rings. The van der Waals surface area contributed by atoms with Crippen molar-refractivity contribution in [2.24, 2.45) is 46.3 Å². The Kier molecular flexibility index (Phi) is 6.48. The van der Waals surface area contributed by atoms with Crippen molar-refractivity contribution in [3.8, 4) is 0 Å². The number of Topliss-reactive ketones (excluding diaryl/α,β-unsaturated/α-hetero) is 1. The zero-order valence-electron chi connectivity index (χ0n) is 21.5. The molecule has 0 radical (unpaired) electrons. The van der Waals surface area contributed by atoms with E-state index in [1.54, 1.807) is 0 Å². The molecular formula is C28H47NO3. The van der Waals surface area contributed by atoms with E-state index in [1.165, 1.54) is 51.4 Å². The Hall–Kier alpha value is -1.06. The van der Waals surface area contributed by atoms with E-state index in [4.69, 9.17) is 4.74 Å². The van der Waals surface area contributed by atoms with Gasteiger partial charge < -0.3 is 10.1 Å². The van der Waals surface area contributed by atoms with E-state index in [2.05, 4.69) is 26.1 Å². The molecule has 0 bridgehead atoms. The molecule has 8 unspecified atom stereocenters. The molecule has 4 aliphatic rings. The lowest BCUT2D eigenvalue weighted by Crippen LogP contribution is -2.56. The SMILES string of the molecule is CC(CCNC(=O)OC(C)(C)C)C1CCC2C3C(=O)CC4CCCCC4(C)C3CCC12C. The molecule has 0 aromatic heterocycles. The third kappa shape index (κ3) is 4.25. The predicted molar refractivity (Wildman–Crippen MR) is 128 cm³/mol. The van der Waals surface area contributed by atoms with Crippen molar-refractivity contribution in [2.45, 2.75) is 111 Å². The monoisotopic (exact) mass is 445 g/mol. The maximum atomic E-state index is 13.5. The fourth-order valence-corrected chi connectivity index (χ4v) is 8.85. The molecule has 1 amide bonds. The molecule has 4 fully saturated rings. The van der Waals surface area contributed by atoms with Crippen LogP contribution in [0.2, 0.25) is 0 Å². The minimum Gasteiger partial charge on any atom is -0.444 e. The zero-order chi connectivity index (χ0) is 23.3. The van der Waals surface area contributed by atoms with E-state index in [0.717, 1.165) is 12.8 Å². The standard InChI is InChI=1S/C28H47NO3/c1-18(13-16-29-25(31)32-26(2,3)4)20-10-11-21-24-22(12-15-28(20,21)6)27(5)14-8-7-9-19(27)17-23(24)30/h18-22,24H,7-17H2,1-6H3,(H,29,31). The molecule has 4 saturated carbocycles. The minimum atomic E-state index is -0.457. The highest BCUT2D eigenvalue weighted by Gasteiger charge is 2.62. The number of fused-ring (bicyclic) bond motifs is 5. The quantitative estimate of drug-likeness (QED) is 0.520. The first-order chi connectivity index (χ1) is 15.0. The summed E-state index contributed by atoms with van der Waals surface area (Å²) in [4.78, 5) is 25.5. The van der Waals surface area contributed by atoms with Crippen molar-refractivity contribution >= 4 is 11.9 Å². The number of carbonyl (C=O) groups excluding carboxylic acids is 2. The minimum absolute atomic E-state index is 0.278. The lowest BCUT2D eigenvalue weighted by Gasteiger charge is -2.60. The van der Waals surface area contributed by atoms with Crippen LogP contribution in [0.5, 0.6) is 0 Å². The van der Waals surface area contributed by atoms with Crippen molar-refractivity contribution in [1.29, 1.82) is 0 Å². The lowest BCUT2D eigenvalue weighted by molar-refractivity contribution is -0.156. The first-order valence-corrected chi connectivity index (χ1v) is 13.5. The summed E-state index contributed by atoms with van der Waals surface area (Å²) in [5, 5.41) is 2.95. The van der Waals surface area contributed by atoms with Gasteiger partial charge in [0.05, 0.1) is 0 Å². The van der Waals surface area contributed by atoms with Gasteiger partial charge in [0.15, 0.2) is 0 Å². The van der Waals surface area contributed by atoms with Crippen LogP contribution in [0.1, 0.15) is 106 Å². The molecular weight excluding hydrogens is 398 g/mol. The fraction of sp³-hybridized carbons (Fsp3) is 0.929. The predicted octanol–water partition coefficient (Wildman–Crippen LogP) is 6.77. The summed E-state index contributed by atoms with van der Waals surface area (Å²) in [5.74, 6) is 3.95. The molecule has 0 heterocycles. The molecule has 0 spiro atoms. The largest absolute Gasteiger partial charge is 0.444 e. The highest BCUT2D eigenvalue weighted by Crippen LogP contribution is 2.67. The Bertz CT molecular complexity index is 727. The van der Waals surface area contributed by atoms with Gasteiger partial charge in [0.25, 0.3) is 0 Å². The van der Waals surface area contributed by atoms with Crippen molar-refractivity contribution in [2.75, 3.05) is 6.54 Å². The number of carbonyl (C=O) groups is 2. The molecule has 32 heavy (non-hydrogen) atoms. The number of alkyl carbamates (subject to hydrolysis) is 1. The third-order valence-electron chi connectivity index (χ3n) is 10.4. The summed E-state index contributed by atoms with van der Waals surface area (Å²) in [6.07, 6.45) is 11.8.